The van der Waals surface area contributed by atoms with Gasteiger partial charge >= 0.3 is 0 Å². The lowest BCUT2D eigenvalue weighted by atomic mass is 9.99. The second kappa shape index (κ2) is 10.4. The highest BCUT2D eigenvalue weighted by Crippen LogP contribution is 2.26. The minimum Gasteiger partial charge on any atom is -0.349 e. The molecule has 0 bridgehead atoms. The number of nitrogens with one attached hydrogen (secondary N) is 1. The fraction of sp³-hybridized carbons (Fsp3) is 0.304. The zero-order valence-electron chi connectivity index (χ0n) is 16.7. The van der Waals surface area contributed by atoms with Crippen molar-refractivity contribution >= 4 is 29.9 Å². The average molecular weight is 501 g/mol. The summed E-state index contributed by atoms with van der Waals surface area (Å²) >= 11 is 0. The van der Waals surface area contributed by atoms with E-state index < -0.39 is 0 Å². The summed E-state index contributed by atoms with van der Waals surface area (Å²) in [5.41, 5.74) is 2.69. The van der Waals surface area contributed by atoms with E-state index in [4.69, 9.17) is 0 Å². The van der Waals surface area contributed by atoms with E-state index in [9.17, 15) is 0 Å². The molecule has 0 spiro atoms. The van der Waals surface area contributed by atoms with Gasteiger partial charge in [0.2, 0.25) is 0 Å². The van der Waals surface area contributed by atoms with Crippen LogP contribution in [0.4, 0.5) is 0 Å². The van der Waals surface area contributed by atoms with E-state index in [1.54, 1.807) is 0 Å². The van der Waals surface area contributed by atoms with Crippen molar-refractivity contribution < 1.29 is 0 Å². The quantitative estimate of drug-likeness (QED) is 0.325. The lowest BCUT2D eigenvalue weighted by molar-refractivity contribution is 0.483. The number of rotatable bonds is 5. The molecule has 2 heterocycles. The van der Waals surface area contributed by atoms with Gasteiger partial charge < -0.3 is 14.8 Å². The number of aromatic nitrogens is 2. The summed E-state index contributed by atoms with van der Waals surface area (Å²) in [4.78, 5) is 11.4. The van der Waals surface area contributed by atoms with E-state index in [1.807, 2.05) is 25.5 Å². The summed E-state index contributed by atoms with van der Waals surface area (Å²) in [6.45, 7) is 3.52. The van der Waals surface area contributed by atoms with E-state index >= 15 is 0 Å². The smallest absolute Gasteiger partial charge is 0.194 e. The molecule has 2 aromatic carbocycles. The minimum absolute atomic E-state index is 0. The highest BCUT2D eigenvalue weighted by Gasteiger charge is 2.26. The van der Waals surface area contributed by atoms with Crippen LogP contribution >= 0.6 is 24.0 Å². The Morgan fingerprint density at radius 3 is 2.55 bits per heavy atom. The fourth-order valence-electron chi connectivity index (χ4n) is 3.87. The van der Waals surface area contributed by atoms with Crippen LogP contribution in [0.3, 0.4) is 0 Å². The number of halogens is 1. The summed E-state index contributed by atoms with van der Waals surface area (Å²) in [6, 6.07) is 21.3. The summed E-state index contributed by atoms with van der Waals surface area (Å²) < 4.78 is 2.19. The molecule has 29 heavy (non-hydrogen) atoms. The first-order chi connectivity index (χ1) is 13.8. The van der Waals surface area contributed by atoms with Gasteiger partial charge in [0.25, 0.3) is 0 Å². The van der Waals surface area contributed by atoms with Crippen molar-refractivity contribution in [3.8, 4) is 0 Å². The number of likely N-dealkylation sites (tertiary alicyclic amines) is 1. The number of benzene rings is 2. The second-order valence-electron chi connectivity index (χ2n) is 7.20. The van der Waals surface area contributed by atoms with Crippen LogP contribution in [0.5, 0.6) is 0 Å². The van der Waals surface area contributed by atoms with E-state index in [2.05, 4.69) is 79.4 Å². The molecule has 1 N–H and O–H groups in total. The number of imidazole rings is 1. The predicted octanol–water partition coefficient (Wildman–Crippen LogP) is 4.11. The second-order valence-corrected chi connectivity index (χ2v) is 7.20. The van der Waals surface area contributed by atoms with E-state index in [1.165, 1.54) is 11.1 Å². The van der Waals surface area contributed by atoms with Gasteiger partial charge in [-0.05, 0) is 17.5 Å². The van der Waals surface area contributed by atoms with Crippen molar-refractivity contribution in [1.29, 1.82) is 0 Å². The first-order valence-electron chi connectivity index (χ1n) is 9.88. The van der Waals surface area contributed by atoms with Crippen LogP contribution in [0.15, 0.2) is 78.0 Å². The Bertz CT molecular complexity index is 907. The van der Waals surface area contributed by atoms with Gasteiger partial charge in [-0.3, -0.25) is 4.99 Å². The van der Waals surface area contributed by atoms with Crippen molar-refractivity contribution in [1.82, 2.24) is 19.8 Å². The number of aliphatic imine (C=N–C) groups is 1. The number of nitrogens with zero attached hydrogens (tertiary/aromatic N) is 4. The number of guanidine groups is 1. The maximum Gasteiger partial charge on any atom is 0.194 e. The van der Waals surface area contributed by atoms with Crippen molar-refractivity contribution in [3.05, 3.63) is 90.0 Å². The largest absolute Gasteiger partial charge is 0.349 e. The van der Waals surface area contributed by atoms with Crippen molar-refractivity contribution in [3.63, 3.8) is 0 Å². The monoisotopic (exact) mass is 501 g/mol. The topological polar surface area (TPSA) is 45.5 Å². The highest BCUT2D eigenvalue weighted by atomic mass is 127. The summed E-state index contributed by atoms with van der Waals surface area (Å²) in [7, 11) is 1.86. The Morgan fingerprint density at radius 2 is 1.83 bits per heavy atom. The first kappa shape index (κ1) is 21.4. The Hall–Kier alpha value is -2.35. The molecule has 4 rings (SSSR count). The predicted molar refractivity (Wildman–Crippen MR) is 129 cm³/mol. The van der Waals surface area contributed by atoms with Gasteiger partial charge in [0.05, 0.1) is 6.54 Å². The van der Waals surface area contributed by atoms with E-state index in [-0.39, 0.29) is 24.0 Å². The molecule has 5 nitrogen and oxygen atoms in total. The van der Waals surface area contributed by atoms with Crippen LogP contribution < -0.4 is 5.32 Å². The molecule has 1 aliphatic rings. The van der Waals surface area contributed by atoms with Gasteiger partial charge in [0.1, 0.15) is 5.82 Å². The van der Waals surface area contributed by atoms with Crippen molar-refractivity contribution in [2.24, 2.45) is 4.99 Å². The Morgan fingerprint density at radius 1 is 1.10 bits per heavy atom. The first-order valence-corrected chi connectivity index (χ1v) is 9.88. The normalized spacial score (nSPS) is 16.5. The average Bonchev–Trinajstić information content (AvgIpc) is 3.40. The number of hydrogen-bond donors (Lipinski definition) is 1. The molecule has 3 aromatic rings. The molecule has 0 saturated carbocycles. The molecule has 0 aliphatic carbocycles. The standard InChI is InChI=1S/C23H27N5.HI/c1-24-23(28-14-12-21(18-28)20-10-6-3-7-11-20)26-16-22-25-13-15-27(22)17-19-8-4-2-5-9-19;/h2-11,13,15,21H,12,14,16-18H2,1H3,(H,24,26);1H. The third-order valence-corrected chi connectivity index (χ3v) is 5.37. The third kappa shape index (κ3) is 5.38. The molecule has 1 aliphatic heterocycles. The molecule has 0 amide bonds. The Balaban J connectivity index is 0.00000240. The molecular formula is C23H28IN5. The van der Waals surface area contributed by atoms with Crippen LogP contribution in [-0.2, 0) is 13.1 Å². The Kier molecular flexibility index (Phi) is 7.69. The van der Waals surface area contributed by atoms with Gasteiger partial charge in [-0.1, -0.05) is 60.7 Å². The summed E-state index contributed by atoms with van der Waals surface area (Å²) in [6.07, 6.45) is 5.06. The fourth-order valence-corrected chi connectivity index (χ4v) is 3.87. The van der Waals surface area contributed by atoms with Crippen LogP contribution in [0, 0.1) is 0 Å². The van der Waals surface area contributed by atoms with Gasteiger partial charge in [-0.15, -0.1) is 24.0 Å². The molecule has 1 atom stereocenters. The molecule has 6 heteroatoms. The molecular weight excluding hydrogens is 473 g/mol. The van der Waals surface area contributed by atoms with Crippen LogP contribution in [0.1, 0.15) is 29.3 Å². The van der Waals surface area contributed by atoms with Gasteiger partial charge in [0.15, 0.2) is 5.96 Å². The maximum absolute atomic E-state index is 4.53. The maximum atomic E-state index is 4.53. The molecule has 1 fully saturated rings. The molecule has 0 radical (unpaired) electrons. The van der Waals surface area contributed by atoms with Gasteiger partial charge in [-0.25, -0.2) is 4.98 Å². The van der Waals surface area contributed by atoms with Crippen LogP contribution in [0.25, 0.3) is 0 Å². The molecule has 152 valence electrons. The SMILES string of the molecule is CN=C(NCc1nccn1Cc1ccccc1)N1CCC(c2ccccc2)C1.I. The Labute approximate surface area is 189 Å². The van der Waals surface area contributed by atoms with Gasteiger partial charge in [0, 0.05) is 45.0 Å². The van der Waals surface area contributed by atoms with E-state index in [0.717, 1.165) is 37.8 Å². The molecule has 1 saturated heterocycles. The zero-order valence-corrected chi connectivity index (χ0v) is 19.1. The van der Waals surface area contributed by atoms with E-state index in [0.29, 0.717) is 12.5 Å². The summed E-state index contributed by atoms with van der Waals surface area (Å²) in [5, 5.41) is 3.50. The van der Waals surface area contributed by atoms with Crippen molar-refractivity contribution in [2.75, 3.05) is 20.1 Å². The molecule has 1 aromatic heterocycles. The van der Waals surface area contributed by atoms with Crippen LogP contribution in [0.2, 0.25) is 0 Å². The zero-order chi connectivity index (χ0) is 19.2. The van der Waals surface area contributed by atoms with Gasteiger partial charge in [-0.2, -0.15) is 0 Å². The van der Waals surface area contributed by atoms with Crippen LogP contribution in [-0.4, -0.2) is 40.5 Å². The van der Waals surface area contributed by atoms with Crippen molar-refractivity contribution in [2.45, 2.75) is 25.4 Å². The highest BCUT2D eigenvalue weighted by molar-refractivity contribution is 14.0. The third-order valence-electron chi connectivity index (χ3n) is 5.37. The minimum atomic E-state index is 0. The lowest BCUT2D eigenvalue weighted by Gasteiger charge is -2.22. The summed E-state index contributed by atoms with van der Waals surface area (Å²) in [5.74, 6) is 2.54. The molecule has 1 unspecified atom stereocenters. The lowest BCUT2D eigenvalue weighted by Crippen LogP contribution is -2.40. The number of hydrogen-bond acceptors (Lipinski definition) is 2.